The SMILES string of the molecule is Cc1ccc(CNC(=O)c2ccnc(Nc3ccccc3Cl)c2)cc1. The van der Waals surface area contributed by atoms with Gasteiger partial charge in [-0.05, 0) is 36.8 Å². The molecule has 0 saturated heterocycles. The summed E-state index contributed by atoms with van der Waals surface area (Å²) >= 11 is 6.14. The molecular formula is C20H18ClN3O. The molecule has 2 N–H and O–H groups in total. The van der Waals surface area contributed by atoms with Crippen molar-refractivity contribution in [2.75, 3.05) is 5.32 Å². The molecule has 5 heteroatoms. The molecule has 0 aliphatic heterocycles. The normalized spacial score (nSPS) is 10.3. The van der Waals surface area contributed by atoms with Crippen molar-refractivity contribution in [1.29, 1.82) is 0 Å². The first-order chi connectivity index (χ1) is 12.1. The number of carbonyl (C=O) groups is 1. The summed E-state index contributed by atoms with van der Waals surface area (Å²) in [6, 6.07) is 18.8. The quantitative estimate of drug-likeness (QED) is 0.699. The van der Waals surface area contributed by atoms with Crippen molar-refractivity contribution >= 4 is 29.0 Å². The number of aryl methyl sites for hydroxylation is 1. The zero-order valence-electron chi connectivity index (χ0n) is 13.8. The van der Waals surface area contributed by atoms with Crippen LogP contribution in [0.1, 0.15) is 21.5 Å². The maximum absolute atomic E-state index is 12.4. The Balaban J connectivity index is 1.67. The van der Waals surface area contributed by atoms with E-state index >= 15 is 0 Å². The monoisotopic (exact) mass is 351 g/mol. The lowest BCUT2D eigenvalue weighted by molar-refractivity contribution is 0.0951. The molecule has 0 aliphatic carbocycles. The number of aromatic nitrogens is 1. The summed E-state index contributed by atoms with van der Waals surface area (Å²) in [6.45, 7) is 2.52. The van der Waals surface area contributed by atoms with Gasteiger partial charge in [0.2, 0.25) is 0 Å². The van der Waals surface area contributed by atoms with Gasteiger partial charge in [-0.25, -0.2) is 4.98 Å². The van der Waals surface area contributed by atoms with Crippen LogP contribution >= 0.6 is 11.6 Å². The number of amides is 1. The summed E-state index contributed by atoms with van der Waals surface area (Å²) in [6.07, 6.45) is 1.60. The molecule has 2 aromatic carbocycles. The molecule has 0 radical (unpaired) electrons. The number of pyridine rings is 1. The average molecular weight is 352 g/mol. The minimum Gasteiger partial charge on any atom is -0.348 e. The molecule has 0 aliphatic rings. The molecule has 0 bridgehead atoms. The maximum Gasteiger partial charge on any atom is 0.251 e. The third-order valence-corrected chi connectivity index (χ3v) is 4.06. The fourth-order valence-corrected chi connectivity index (χ4v) is 2.51. The van der Waals surface area contributed by atoms with Crippen molar-refractivity contribution in [3.63, 3.8) is 0 Å². The first-order valence-electron chi connectivity index (χ1n) is 7.93. The minimum atomic E-state index is -0.148. The fraction of sp³-hybridized carbons (Fsp3) is 0.100. The van der Waals surface area contributed by atoms with E-state index in [4.69, 9.17) is 11.6 Å². The van der Waals surface area contributed by atoms with E-state index < -0.39 is 0 Å². The number of anilines is 2. The van der Waals surface area contributed by atoms with Crippen LogP contribution < -0.4 is 10.6 Å². The second-order valence-electron chi connectivity index (χ2n) is 5.70. The molecule has 4 nitrogen and oxygen atoms in total. The Morgan fingerprint density at radius 1 is 1.08 bits per heavy atom. The van der Waals surface area contributed by atoms with Crippen LogP contribution in [-0.2, 0) is 6.54 Å². The van der Waals surface area contributed by atoms with Crippen LogP contribution in [0.25, 0.3) is 0 Å². The molecule has 0 saturated carbocycles. The third-order valence-electron chi connectivity index (χ3n) is 3.73. The topological polar surface area (TPSA) is 54.0 Å². The number of halogens is 1. The lowest BCUT2D eigenvalue weighted by Gasteiger charge is -2.09. The summed E-state index contributed by atoms with van der Waals surface area (Å²) in [7, 11) is 0. The van der Waals surface area contributed by atoms with Gasteiger partial charge in [0.1, 0.15) is 5.82 Å². The number of para-hydroxylation sites is 1. The van der Waals surface area contributed by atoms with Gasteiger partial charge in [-0.1, -0.05) is 53.6 Å². The Bertz CT molecular complexity index is 878. The van der Waals surface area contributed by atoms with Crippen molar-refractivity contribution in [3.05, 3.63) is 88.6 Å². The Kier molecular flexibility index (Phi) is 5.31. The number of nitrogens with one attached hydrogen (secondary N) is 2. The van der Waals surface area contributed by atoms with Gasteiger partial charge in [0, 0.05) is 18.3 Å². The predicted molar refractivity (Wildman–Crippen MR) is 101 cm³/mol. The molecule has 25 heavy (non-hydrogen) atoms. The van der Waals surface area contributed by atoms with Crippen molar-refractivity contribution in [2.45, 2.75) is 13.5 Å². The highest BCUT2D eigenvalue weighted by atomic mass is 35.5. The van der Waals surface area contributed by atoms with Gasteiger partial charge in [-0.2, -0.15) is 0 Å². The van der Waals surface area contributed by atoms with Crippen LogP contribution in [0.2, 0.25) is 5.02 Å². The summed E-state index contributed by atoms with van der Waals surface area (Å²) in [5.74, 6) is 0.418. The summed E-state index contributed by atoms with van der Waals surface area (Å²) in [5.41, 5.74) is 3.53. The molecule has 0 fully saturated rings. The molecule has 1 amide bonds. The van der Waals surface area contributed by atoms with Crippen LogP contribution in [-0.4, -0.2) is 10.9 Å². The molecular weight excluding hydrogens is 334 g/mol. The van der Waals surface area contributed by atoms with Crippen molar-refractivity contribution < 1.29 is 4.79 Å². The highest BCUT2D eigenvalue weighted by Crippen LogP contribution is 2.24. The van der Waals surface area contributed by atoms with Crippen LogP contribution in [0.15, 0.2) is 66.9 Å². The van der Waals surface area contributed by atoms with Crippen LogP contribution in [0, 0.1) is 6.92 Å². The number of hydrogen-bond donors (Lipinski definition) is 2. The number of carbonyl (C=O) groups excluding carboxylic acids is 1. The predicted octanol–water partition coefficient (Wildman–Crippen LogP) is 4.72. The van der Waals surface area contributed by atoms with Crippen LogP contribution in [0.5, 0.6) is 0 Å². The van der Waals surface area contributed by atoms with Crippen molar-refractivity contribution in [1.82, 2.24) is 10.3 Å². The van der Waals surface area contributed by atoms with Crippen molar-refractivity contribution in [3.8, 4) is 0 Å². The number of benzene rings is 2. The third kappa shape index (κ3) is 4.58. The molecule has 1 heterocycles. The van der Waals surface area contributed by atoms with Gasteiger partial charge in [0.25, 0.3) is 5.91 Å². The van der Waals surface area contributed by atoms with E-state index in [0.717, 1.165) is 11.3 Å². The summed E-state index contributed by atoms with van der Waals surface area (Å²) < 4.78 is 0. The van der Waals surface area contributed by atoms with Gasteiger partial charge < -0.3 is 10.6 Å². The summed E-state index contributed by atoms with van der Waals surface area (Å²) in [5, 5.41) is 6.64. The van der Waals surface area contributed by atoms with Crippen molar-refractivity contribution in [2.24, 2.45) is 0 Å². The maximum atomic E-state index is 12.4. The fourth-order valence-electron chi connectivity index (χ4n) is 2.33. The van der Waals surface area contributed by atoms with E-state index in [2.05, 4.69) is 15.6 Å². The largest absolute Gasteiger partial charge is 0.348 e. The number of nitrogens with zero attached hydrogens (tertiary/aromatic N) is 1. The zero-order valence-corrected chi connectivity index (χ0v) is 14.5. The Labute approximate surface area is 151 Å². The first kappa shape index (κ1) is 17.0. The second kappa shape index (κ2) is 7.81. The lowest BCUT2D eigenvalue weighted by Crippen LogP contribution is -2.22. The zero-order chi connectivity index (χ0) is 17.6. The van der Waals surface area contributed by atoms with Gasteiger partial charge in [-0.3, -0.25) is 4.79 Å². The van der Waals surface area contributed by atoms with E-state index in [9.17, 15) is 4.79 Å². The average Bonchev–Trinajstić information content (AvgIpc) is 2.63. The number of hydrogen-bond acceptors (Lipinski definition) is 3. The van der Waals surface area contributed by atoms with E-state index in [1.54, 1.807) is 24.4 Å². The molecule has 0 spiro atoms. The van der Waals surface area contributed by atoms with E-state index in [-0.39, 0.29) is 5.91 Å². The number of rotatable bonds is 5. The van der Waals surface area contributed by atoms with Crippen LogP contribution in [0.4, 0.5) is 11.5 Å². The second-order valence-corrected chi connectivity index (χ2v) is 6.11. The van der Waals surface area contributed by atoms with E-state index in [1.165, 1.54) is 5.56 Å². The molecule has 0 unspecified atom stereocenters. The van der Waals surface area contributed by atoms with Gasteiger partial charge in [-0.15, -0.1) is 0 Å². The van der Waals surface area contributed by atoms with E-state index in [1.807, 2.05) is 49.4 Å². The first-order valence-corrected chi connectivity index (χ1v) is 8.31. The lowest BCUT2D eigenvalue weighted by atomic mass is 10.1. The summed E-state index contributed by atoms with van der Waals surface area (Å²) in [4.78, 5) is 16.6. The molecule has 0 atom stereocenters. The molecule has 3 aromatic rings. The Hall–Kier alpha value is -2.85. The molecule has 126 valence electrons. The molecule has 1 aromatic heterocycles. The minimum absolute atomic E-state index is 0.148. The van der Waals surface area contributed by atoms with Gasteiger partial charge >= 0.3 is 0 Å². The van der Waals surface area contributed by atoms with Gasteiger partial charge in [0.05, 0.1) is 10.7 Å². The smallest absolute Gasteiger partial charge is 0.251 e. The standard InChI is InChI=1S/C20H18ClN3O/c1-14-6-8-15(9-7-14)13-23-20(25)16-10-11-22-19(12-16)24-18-5-3-2-4-17(18)21/h2-12H,13H2,1H3,(H,22,24)(H,23,25). The van der Waals surface area contributed by atoms with Gasteiger partial charge in [0.15, 0.2) is 0 Å². The Morgan fingerprint density at radius 3 is 2.60 bits per heavy atom. The Morgan fingerprint density at radius 2 is 1.84 bits per heavy atom. The highest BCUT2D eigenvalue weighted by Gasteiger charge is 2.08. The highest BCUT2D eigenvalue weighted by molar-refractivity contribution is 6.33. The van der Waals surface area contributed by atoms with E-state index in [0.29, 0.717) is 22.9 Å². The molecule has 3 rings (SSSR count). The van der Waals surface area contributed by atoms with Crippen LogP contribution in [0.3, 0.4) is 0 Å².